The fourth-order valence-corrected chi connectivity index (χ4v) is 4.54. The summed E-state index contributed by atoms with van der Waals surface area (Å²) in [6.07, 6.45) is -4.61. The van der Waals surface area contributed by atoms with E-state index in [-0.39, 0.29) is 49.5 Å². The first-order valence-electron chi connectivity index (χ1n) is 12.3. The first-order chi connectivity index (χ1) is 17.2. The average molecular weight is 549 g/mol. The molecule has 3 aliphatic heterocycles. The third kappa shape index (κ3) is 6.31. The third-order valence-corrected chi connectivity index (χ3v) is 6.89. The monoisotopic (exact) mass is 548 g/mol. The van der Waals surface area contributed by atoms with Gasteiger partial charge in [0.15, 0.2) is 11.5 Å². The van der Waals surface area contributed by atoms with Gasteiger partial charge in [0.1, 0.15) is 17.2 Å². The van der Waals surface area contributed by atoms with E-state index in [1.54, 1.807) is 40.4 Å². The second-order valence-corrected chi connectivity index (χ2v) is 10.9. The number of anilines is 2. The highest BCUT2D eigenvalue weighted by Crippen LogP contribution is 2.41. The van der Waals surface area contributed by atoms with E-state index >= 15 is 0 Å². The van der Waals surface area contributed by atoms with Crippen LogP contribution in [0.15, 0.2) is 0 Å². The Morgan fingerprint density at radius 2 is 1.65 bits per heavy atom. The lowest BCUT2D eigenvalue weighted by Gasteiger charge is -2.42. The first-order valence-corrected chi connectivity index (χ1v) is 12.6. The molecule has 0 unspecified atom stereocenters. The topological polar surface area (TPSA) is 91.3 Å². The molecular formula is C23H32ClF3N6O4. The Bertz CT molecular complexity index is 1020. The van der Waals surface area contributed by atoms with Gasteiger partial charge in [-0.3, -0.25) is 4.79 Å². The Morgan fingerprint density at radius 1 is 1.03 bits per heavy atom. The highest BCUT2D eigenvalue weighted by atomic mass is 35.5. The zero-order chi connectivity index (χ0) is 27.1. The normalized spacial score (nSPS) is 21.0. The van der Waals surface area contributed by atoms with E-state index < -0.39 is 28.6 Å². The number of alkyl halides is 3. The zero-order valence-electron chi connectivity index (χ0n) is 21.3. The zero-order valence-corrected chi connectivity index (χ0v) is 22.1. The molecule has 14 heteroatoms. The van der Waals surface area contributed by atoms with Crippen molar-refractivity contribution in [3.63, 3.8) is 0 Å². The molecule has 1 aromatic heterocycles. The number of carbonyl (C=O) groups is 2. The quantitative estimate of drug-likeness (QED) is 0.554. The summed E-state index contributed by atoms with van der Waals surface area (Å²) < 4.78 is 51.8. The highest BCUT2D eigenvalue weighted by molar-refractivity contribution is 6.33. The molecule has 3 saturated heterocycles. The smallest absolute Gasteiger partial charge is 0.435 e. The van der Waals surface area contributed by atoms with Gasteiger partial charge in [0.2, 0.25) is 11.9 Å². The van der Waals surface area contributed by atoms with Gasteiger partial charge in [0.25, 0.3) is 0 Å². The van der Waals surface area contributed by atoms with E-state index in [2.05, 4.69) is 9.97 Å². The summed E-state index contributed by atoms with van der Waals surface area (Å²) in [6.45, 7) is 9.68. The van der Waals surface area contributed by atoms with Crippen molar-refractivity contribution >= 4 is 35.4 Å². The molecule has 0 aromatic carbocycles. The number of ether oxygens (including phenoxy) is 2. The Morgan fingerprint density at radius 3 is 2.16 bits per heavy atom. The Kier molecular flexibility index (Phi) is 7.67. The molecule has 3 aliphatic rings. The first kappa shape index (κ1) is 27.5. The van der Waals surface area contributed by atoms with Gasteiger partial charge in [-0.1, -0.05) is 11.6 Å². The van der Waals surface area contributed by atoms with Gasteiger partial charge in [-0.15, -0.1) is 0 Å². The van der Waals surface area contributed by atoms with Crippen LogP contribution in [0.2, 0.25) is 5.02 Å². The number of piperazine rings is 1. The van der Waals surface area contributed by atoms with Crippen molar-refractivity contribution in [2.75, 3.05) is 62.2 Å². The van der Waals surface area contributed by atoms with Crippen LogP contribution in [-0.2, 0) is 20.4 Å². The Balaban J connectivity index is 1.28. The third-order valence-electron chi connectivity index (χ3n) is 6.54. The molecule has 0 aliphatic carbocycles. The van der Waals surface area contributed by atoms with Crippen molar-refractivity contribution in [2.45, 2.75) is 58.0 Å². The van der Waals surface area contributed by atoms with Crippen molar-refractivity contribution in [3.8, 4) is 0 Å². The van der Waals surface area contributed by atoms with Crippen LogP contribution in [0.1, 0.15) is 39.8 Å². The van der Waals surface area contributed by atoms with Crippen molar-refractivity contribution in [1.29, 1.82) is 0 Å². The maximum atomic E-state index is 13.6. The Labute approximate surface area is 218 Å². The molecule has 10 nitrogen and oxygen atoms in total. The number of nitrogens with zero attached hydrogens (tertiary/aromatic N) is 6. The standard InChI is InChI=1S/C23H32ClF3N6O4/c1-14-5-6-33(14)20-28-18(23(25,26)27)17(24)19(29-20)32-11-15(12-32)36-13-16(34)30-7-9-31(10-8-30)21(35)37-22(2,3)4/h14-15H,5-13H2,1-4H3/t14-/m0/s1. The van der Waals surface area contributed by atoms with Gasteiger partial charge in [-0.25, -0.2) is 9.78 Å². The molecule has 3 fully saturated rings. The lowest BCUT2D eigenvalue weighted by Crippen LogP contribution is -2.55. The van der Waals surface area contributed by atoms with Crippen LogP contribution >= 0.6 is 11.6 Å². The second-order valence-electron chi connectivity index (χ2n) is 10.5. The minimum atomic E-state index is -4.71. The molecule has 0 spiro atoms. The summed E-state index contributed by atoms with van der Waals surface area (Å²) in [5, 5.41) is -0.540. The number of halogens is 4. The number of hydrogen-bond acceptors (Lipinski definition) is 8. The molecule has 1 aromatic rings. The minimum absolute atomic E-state index is 0.00976. The van der Waals surface area contributed by atoms with Crippen LogP contribution in [0, 0.1) is 0 Å². The molecule has 4 heterocycles. The van der Waals surface area contributed by atoms with Crippen molar-refractivity contribution in [3.05, 3.63) is 10.7 Å². The molecule has 0 saturated carbocycles. The number of rotatable bonds is 5. The number of aromatic nitrogens is 2. The predicted octanol–water partition coefficient (Wildman–Crippen LogP) is 3.03. The minimum Gasteiger partial charge on any atom is -0.444 e. The van der Waals surface area contributed by atoms with Gasteiger partial charge in [0.05, 0.1) is 6.10 Å². The molecule has 37 heavy (non-hydrogen) atoms. The van der Waals surface area contributed by atoms with E-state index in [1.165, 1.54) is 0 Å². The van der Waals surface area contributed by atoms with Gasteiger partial charge >= 0.3 is 12.3 Å². The largest absolute Gasteiger partial charge is 0.444 e. The predicted molar refractivity (Wildman–Crippen MR) is 130 cm³/mol. The number of carbonyl (C=O) groups excluding carboxylic acids is 2. The van der Waals surface area contributed by atoms with Crippen LogP contribution in [-0.4, -0.2) is 102 Å². The molecule has 1 atom stereocenters. The summed E-state index contributed by atoms with van der Waals surface area (Å²) in [7, 11) is 0. The van der Waals surface area contributed by atoms with Crippen LogP contribution in [0.5, 0.6) is 0 Å². The summed E-state index contributed by atoms with van der Waals surface area (Å²) in [5.74, 6) is -0.186. The summed E-state index contributed by atoms with van der Waals surface area (Å²) in [4.78, 5) is 39.3. The lowest BCUT2D eigenvalue weighted by atomic mass is 10.1. The van der Waals surface area contributed by atoms with Crippen LogP contribution in [0.3, 0.4) is 0 Å². The summed E-state index contributed by atoms with van der Waals surface area (Å²) in [5.41, 5.74) is -1.74. The van der Waals surface area contributed by atoms with Crippen molar-refractivity contribution in [1.82, 2.24) is 19.8 Å². The molecule has 0 N–H and O–H groups in total. The fraction of sp³-hybridized carbons (Fsp3) is 0.739. The van der Waals surface area contributed by atoms with E-state index in [0.717, 1.165) is 6.42 Å². The van der Waals surface area contributed by atoms with Gasteiger partial charge < -0.3 is 29.1 Å². The molecule has 2 amide bonds. The maximum absolute atomic E-state index is 13.6. The summed E-state index contributed by atoms with van der Waals surface area (Å²) in [6, 6.07) is 0.0552. The SMILES string of the molecule is C[C@H]1CCN1c1nc(N2CC(OCC(=O)N3CCN(C(=O)OC(C)(C)C)CC3)C2)c(Cl)c(C(F)(F)F)n1. The fourth-order valence-electron chi connectivity index (χ4n) is 4.22. The van der Waals surface area contributed by atoms with E-state index in [0.29, 0.717) is 32.7 Å². The molecule has 206 valence electrons. The molecular weight excluding hydrogens is 517 g/mol. The van der Waals surface area contributed by atoms with Crippen molar-refractivity contribution in [2.24, 2.45) is 0 Å². The van der Waals surface area contributed by atoms with E-state index in [4.69, 9.17) is 21.1 Å². The highest BCUT2D eigenvalue weighted by Gasteiger charge is 2.41. The molecule has 0 radical (unpaired) electrons. The van der Waals surface area contributed by atoms with Crippen molar-refractivity contribution < 1.29 is 32.2 Å². The van der Waals surface area contributed by atoms with E-state index in [9.17, 15) is 22.8 Å². The van der Waals surface area contributed by atoms with Gasteiger partial charge in [-0.05, 0) is 34.1 Å². The Hall–Kier alpha value is -2.54. The van der Waals surface area contributed by atoms with Crippen LogP contribution in [0.4, 0.5) is 29.7 Å². The summed E-state index contributed by atoms with van der Waals surface area (Å²) >= 11 is 6.08. The van der Waals surface area contributed by atoms with E-state index in [1.807, 2.05) is 6.92 Å². The number of amides is 2. The average Bonchev–Trinajstić information content (AvgIpc) is 2.76. The lowest BCUT2D eigenvalue weighted by molar-refractivity contribution is -0.141. The second kappa shape index (κ2) is 10.3. The van der Waals surface area contributed by atoms with Crippen LogP contribution in [0.25, 0.3) is 0 Å². The van der Waals surface area contributed by atoms with Gasteiger partial charge in [0, 0.05) is 51.9 Å². The maximum Gasteiger partial charge on any atom is 0.435 e. The molecule has 4 rings (SSSR count). The van der Waals surface area contributed by atoms with Gasteiger partial charge in [-0.2, -0.15) is 18.2 Å². The number of hydrogen-bond donors (Lipinski definition) is 0. The van der Waals surface area contributed by atoms with Crippen LogP contribution < -0.4 is 9.80 Å². The molecule has 0 bridgehead atoms.